The van der Waals surface area contributed by atoms with Gasteiger partial charge in [-0.25, -0.2) is 0 Å². The van der Waals surface area contributed by atoms with Crippen molar-refractivity contribution >= 4 is 15.9 Å². The molecule has 1 saturated carbocycles. The van der Waals surface area contributed by atoms with Gasteiger partial charge in [-0.15, -0.1) is 0 Å². The second kappa shape index (κ2) is 4.74. The van der Waals surface area contributed by atoms with E-state index in [9.17, 15) is 0 Å². The third-order valence-electron chi connectivity index (χ3n) is 5.81. The van der Waals surface area contributed by atoms with Gasteiger partial charge < -0.3 is 10.1 Å². The number of halogens is 1. The molecule has 1 aromatic carbocycles. The Labute approximate surface area is 130 Å². The second-order valence-electron chi connectivity index (χ2n) is 7.28. The average Bonchev–Trinajstić information content (AvgIpc) is 2.72. The van der Waals surface area contributed by atoms with Crippen molar-refractivity contribution in [3.8, 4) is 5.75 Å². The maximum atomic E-state index is 5.78. The van der Waals surface area contributed by atoms with E-state index >= 15 is 0 Å². The second-order valence-corrected chi connectivity index (χ2v) is 8.19. The summed E-state index contributed by atoms with van der Waals surface area (Å²) < 4.78 is 6.94. The van der Waals surface area contributed by atoms with Gasteiger partial charge in [0, 0.05) is 23.0 Å². The Bertz CT molecular complexity index is 522. The first-order valence-electron chi connectivity index (χ1n) is 7.49. The molecule has 3 rings (SSSR count). The molecule has 3 heteroatoms. The summed E-state index contributed by atoms with van der Waals surface area (Å²) in [5.41, 5.74) is 3.53. The van der Waals surface area contributed by atoms with E-state index in [4.69, 9.17) is 4.74 Å². The first kappa shape index (κ1) is 14.4. The lowest BCUT2D eigenvalue weighted by Crippen LogP contribution is -2.19. The van der Waals surface area contributed by atoms with Gasteiger partial charge in [0.25, 0.3) is 0 Å². The quantitative estimate of drug-likeness (QED) is 0.890. The summed E-state index contributed by atoms with van der Waals surface area (Å²) in [6.45, 7) is 12.3. The lowest BCUT2D eigenvalue weighted by atomic mass is 10.0. The van der Waals surface area contributed by atoms with Gasteiger partial charge in [0.05, 0.1) is 6.61 Å². The van der Waals surface area contributed by atoms with Crippen LogP contribution in [0.3, 0.4) is 0 Å². The zero-order valence-electron chi connectivity index (χ0n) is 12.8. The minimum atomic E-state index is 0.454. The molecule has 1 N–H and O–H groups in total. The van der Waals surface area contributed by atoms with Crippen LogP contribution in [0, 0.1) is 16.7 Å². The van der Waals surface area contributed by atoms with Crippen molar-refractivity contribution in [2.75, 3.05) is 13.2 Å². The van der Waals surface area contributed by atoms with Gasteiger partial charge in [-0.05, 0) is 41.0 Å². The molecule has 0 radical (unpaired) electrons. The van der Waals surface area contributed by atoms with Crippen LogP contribution >= 0.6 is 15.9 Å². The van der Waals surface area contributed by atoms with E-state index in [1.54, 1.807) is 0 Å². The third-order valence-corrected chi connectivity index (χ3v) is 6.27. The van der Waals surface area contributed by atoms with E-state index in [1.807, 2.05) is 0 Å². The maximum absolute atomic E-state index is 5.78. The molecule has 110 valence electrons. The molecule has 1 aliphatic heterocycles. The van der Waals surface area contributed by atoms with Crippen LogP contribution in [0.1, 0.15) is 38.8 Å². The Balaban J connectivity index is 1.63. The van der Waals surface area contributed by atoms with Crippen LogP contribution in [0.4, 0.5) is 0 Å². The van der Waals surface area contributed by atoms with Gasteiger partial charge in [-0.2, -0.15) is 0 Å². The largest absolute Gasteiger partial charge is 0.493 e. The molecule has 0 amide bonds. The van der Waals surface area contributed by atoms with Crippen molar-refractivity contribution in [3.05, 3.63) is 27.7 Å². The Hall–Kier alpha value is -0.540. The van der Waals surface area contributed by atoms with E-state index < -0.39 is 0 Å². The monoisotopic (exact) mass is 337 g/mol. The highest BCUT2D eigenvalue weighted by atomic mass is 79.9. The Kier molecular flexibility index (Phi) is 3.41. The van der Waals surface area contributed by atoms with Crippen LogP contribution in [0.25, 0.3) is 0 Å². The Morgan fingerprint density at radius 2 is 1.95 bits per heavy atom. The molecule has 0 aromatic heterocycles. The van der Waals surface area contributed by atoms with Crippen LogP contribution in [-0.4, -0.2) is 13.2 Å². The summed E-state index contributed by atoms with van der Waals surface area (Å²) in [6.07, 6.45) is 1.03. The highest BCUT2D eigenvalue weighted by Gasteiger charge is 2.63. The van der Waals surface area contributed by atoms with Crippen LogP contribution < -0.4 is 10.1 Å². The fraction of sp³-hybridized carbons (Fsp3) is 0.647. The van der Waals surface area contributed by atoms with Gasteiger partial charge in [0.2, 0.25) is 0 Å². The van der Waals surface area contributed by atoms with Gasteiger partial charge in [0.15, 0.2) is 0 Å². The fourth-order valence-electron chi connectivity index (χ4n) is 3.67. The molecule has 0 bridgehead atoms. The fourth-order valence-corrected chi connectivity index (χ4v) is 4.22. The maximum Gasteiger partial charge on any atom is 0.127 e. The summed E-state index contributed by atoms with van der Waals surface area (Å²) >= 11 is 3.60. The van der Waals surface area contributed by atoms with Crippen LogP contribution in [0.2, 0.25) is 0 Å². The molecule has 2 nitrogen and oxygen atoms in total. The van der Waals surface area contributed by atoms with E-state index in [-0.39, 0.29) is 0 Å². The molecule has 1 fully saturated rings. The molecule has 2 aliphatic rings. The molecule has 0 saturated heterocycles. The van der Waals surface area contributed by atoms with Crippen molar-refractivity contribution in [3.63, 3.8) is 0 Å². The molecule has 1 aliphatic carbocycles. The summed E-state index contributed by atoms with van der Waals surface area (Å²) in [5, 5.41) is 3.63. The summed E-state index contributed by atoms with van der Waals surface area (Å²) in [5.74, 6) is 1.87. The number of ether oxygens (including phenoxy) is 1. The number of hydrogen-bond acceptors (Lipinski definition) is 2. The zero-order valence-corrected chi connectivity index (χ0v) is 14.4. The lowest BCUT2D eigenvalue weighted by Gasteiger charge is -2.11. The number of rotatable bonds is 4. The van der Waals surface area contributed by atoms with Gasteiger partial charge >= 0.3 is 0 Å². The van der Waals surface area contributed by atoms with Crippen LogP contribution in [0.5, 0.6) is 5.75 Å². The predicted molar refractivity (Wildman–Crippen MR) is 86.1 cm³/mol. The van der Waals surface area contributed by atoms with Crippen molar-refractivity contribution in [1.29, 1.82) is 0 Å². The zero-order chi connectivity index (χ0) is 14.5. The molecule has 0 spiro atoms. The minimum Gasteiger partial charge on any atom is -0.493 e. The molecule has 0 atom stereocenters. The van der Waals surface area contributed by atoms with E-state index in [2.05, 4.69) is 61.1 Å². The SMILES string of the molecule is CC1(C)C(CNCc2cc(Br)cc3c2OCC3)C1(C)C. The highest BCUT2D eigenvalue weighted by Crippen LogP contribution is 2.67. The molecular weight excluding hydrogens is 314 g/mol. The van der Waals surface area contributed by atoms with E-state index in [0.717, 1.165) is 42.3 Å². The van der Waals surface area contributed by atoms with Gasteiger partial charge in [-0.1, -0.05) is 43.6 Å². The average molecular weight is 338 g/mol. The smallest absolute Gasteiger partial charge is 0.127 e. The molecule has 1 aromatic rings. The number of benzene rings is 1. The van der Waals surface area contributed by atoms with Crippen molar-refractivity contribution in [1.82, 2.24) is 5.32 Å². The standard InChI is InChI=1S/C17H24BrNO/c1-16(2)14(17(16,3)4)10-19-9-12-8-13(18)7-11-5-6-20-15(11)12/h7-8,14,19H,5-6,9-10H2,1-4H3. The number of nitrogens with one attached hydrogen (secondary N) is 1. The molecule has 1 heterocycles. The summed E-state index contributed by atoms with van der Waals surface area (Å²) in [6, 6.07) is 4.36. The van der Waals surface area contributed by atoms with Crippen LogP contribution in [-0.2, 0) is 13.0 Å². The normalized spacial score (nSPS) is 22.4. The summed E-state index contributed by atoms with van der Waals surface area (Å²) in [7, 11) is 0. The van der Waals surface area contributed by atoms with E-state index in [1.165, 1.54) is 11.1 Å². The van der Waals surface area contributed by atoms with Crippen LogP contribution in [0.15, 0.2) is 16.6 Å². The predicted octanol–water partition coefficient (Wildman–Crippen LogP) is 4.16. The topological polar surface area (TPSA) is 21.3 Å². The number of hydrogen-bond donors (Lipinski definition) is 1. The molecular formula is C17H24BrNO. The van der Waals surface area contributed by atoms with Gasteiger partial charge in [-0.3, -0.25) is 0 Å². The molecule has 20 heavy (non-hydrogen) atoms. The third kappa shape index (κ3) is 2.19. The highest BCUT2D eigenvalue weighted by molar-refractivity contribution is 9.10. The van der Waals surface area contributed by atoms with Gasteiger partial charge in [0.1, 0.15) is 5.75 Å². The minimum absolute atomic E-state index is 0.454. The van der Waals surface area contributed by atoms with Crippen molar-refractivity contribution < 1.29 is 4.74 Å². The lowest BCUT2D eigenvalue weighted by molar-refractivity contribution is 0.352. The Morgan fingerprint density at radius 3 is 2.60 bits per heavy atom. The van der Waals surface area contributed by atoms with Crippen molar-refractivity contribution in [2.45, 2.75) is 40.7 Å². The summed E-state index contributed by atoms with van der Waals surface area (Å²) in [4.78, 5) is 0. The molecule has 0 unspecified atom stereocenters. The number of fused-ring (bicyclic) bond motifs is 1. The van der Waals surface area contributed by atoms with E-state index in [0.29, 0.717) is 10.8 Å². The Morgan fingerprint density at radius 1 is 1.25 bits per heavy atom. The first-order chi connectivity index (χ1) is 9.34. The first-order valence-corrected chi connectivity index (χ1v) is 8.28. The van der Waals surface area contributed by atoms with Crippen molar-refractivity contribution in [2.24, 2.45) is 16.7 Å².